The molecule has 0 bridgehead atoms. The van der Waals surface area contributed by atoms with E-state index in [1.165, 1.54) is 42.5 Å². The van der Waals surface area contributed by atoms with Crippen molar-refractivity contribution in [3.63, 3.8) is 0 Å². The second-order valence-electron chi connectivity index (χ2n) is 8.83. The van der Waals surface area contributed by atoms with Crippen LogP contribution < -0.4 is 10.6 Å². The van der Waals surface area contributed by atoms with E-state index in [4.69, 9.17) is 10.2 Å². The van der Waals surface area contributed by atoms with E-state index in [0.717, 1.165) is 13.0 Å². The molecule has 25 heavy (non-hydrogen) atoms. The quantitative estimate of drug-likeness (QED) is 0.450. The lowest BCUT2D eigenvalue weighted by atomic mass is 10.0. The largest absolute Gasteiger partial charge is 0.417 e. The van der Waals surface area contributed by atoms with Gasteiger partial charge in [-0.3, -0.25) is 0 Å². The second-order valence-corrected chi connectivity index (χ2v) is 13.6. The van der Waals surface area contributed by atoms with Crippen LogP contribution in [0.3, 0.4) is 0 Å². The summed E-state index contributed by atoms with van der Waals surface area (Å²) in [6.45, 7) is 13.1. The fourth-order valence-corrected chi connectivity index (χ4v) is 3.77. The summed E-state index contributed by atoms with van der Waals surface area (Å²) in [4.78, 5) is 2.16. The van der Waals surface area contributed by atoms with Crippen LogP contribution in [0.5, 0.6) is 0 Å². The number of hydrogen-bond acceptors (Lipinski definition) is 3. The molecule has 1 aromatic rings. The second kappa shape index (κ2) is 9.74. The number of aryl methyl sites for hydroxylation is 1. The van der Waals surface area contributed by atoms with Gasteiger partial charge in [-0.25, -0.2) is 0 Å². The number of unbranched alkanes of at least 4 members (excludes halogenated alkanes) is 3. The van der Waals surface area contributed by atoms with Crippen LogP contribution in [0, 0.1) is 0 Å². The predicted molar refractivity (Wildman–Crippen MR) is 114 cm³/mol. The first-order chi connectivity index (χ1) is 11.6. The number of nitrogens with zero attached hydrogens (tertiary/aromatic N) is 1. The van der Waals surface area contributed by atoms with E-state index in [2.05, 4.69) is 71.1 Å². The third kappa shape index (κ3) is 7.12. The molecule has 0 heterocycles. The van der Waals surface area contributed by atoms with Gasteiger partial charge in [0.2, 0.25) is 0 Å². The number of hydrogen-bond donors (Lipinski definition) is 1. The molecule has 0 radical (unpaired) electrons. The van der Waals surface area contributed by atoms with Crippen LogP contribution in [0.15, 0.2) is 18.2 Å². The Bertz CT molecular complexity index is 521. The lowest BCUT2D eigenvalue weighted by molar-refractivity contribution is 0.277. The first kappa shape index (κ1) is 22.2. The Morgan fingerprint density at radius 1 is 1.04 bits per heavy atom. The molecule has 1 aromatic carbocycles. The third-order valence-corrected chi connectivity index (χ3v) is 10.0. The van der Waals surface area contributed by atoms with Gasteiger partial charge in [-0.15, -0.1) is 0 Å². The summed E-state index contributed by atoms with van der Waals surface area (Å²) in [6.07, 6.45) is 6.11. The molecule has 0 spiro atoms. The highest BCUT2D eigenvalue weighted by Gasteiger charge is 2.36. The van der Waals surface area contributed by atoms with Crippen LogP contribution in [0.25, 0.3) is 0 Å². The topological polar surface area (TPSA) is 38.5 Å². The normalized spacial score (nSPS) is 12.5. The van der Waals surface area contributed by atoms with E-state index in [1.54, 1.807) is 0 Å². The summed E-state index contributed by atoms with van der Waals surface area (Å²) in [5.74, 6) is 0. The van der Waals surface area contributed by atoms with Crippen LogP contribution >= 0.6 is 0 Å². The summed E-state index contributed by atoms with van der Waals surface area (Å²) in [7, 11) is 2.60. The Balaban J connectivity index is 2.30. The first-order valence-electron chi connectivity index (χ1n) is 9.71. The van der Waals surface area contributed by atoms with Gasteiger partial charge >= 0.3 is 0 Å². The van der Waals surface area contributed by atoms with Crippen molar-refractivity contribution in [3.8, 4) is 0 Å². The highest BCUT2D eigenvalue weighted by molar-refractivity contribution is 6.74. The van der Waals surface area contributed by atoms with Crippen molar-refractivity contribution in [1.29, 1.82) is 0 Å². The Kier molecular flexibility index (Phi) is 8.65. The summed E-state index contributed by atoms with van der Waals surface area (Å²) in [6, 6.07) is 6.70. The standard InChI is InChI=1S/C21H40N2OSi/c1-21(2,3)25(6,7)24-15-11-9-8-10-12-18-13-14-19(17-22)20(16-18)23(4)5/h13-14,16H,8-12,15,17,22H2,1-7H3. The molecule has 0 unspecified atom stereocenters. The minimum absolute atomic E-state index is 0.312. The van der Waals surface area contributed by atoms with Crippen LogP contribution in [0.2, 0.25) is 18.1 Å². The Morgan fingerprint density at radius 2 is 1.68 bits per heavy atom. The van der Waals surface area contributed by atoms with Crippen molar-refractivity contribution in [2.75, 3.05) is 25.6 Å². The molecule has 3 nitrogen and oxygen atoms in total. The zero-order valence-electron chi connectivity index (χ0n) is 17.6. The zero-order chi connectivity index (χ0) is 19.1. The molecular weight excluding hydrogens is 324 g/mol. The van der Waals surface area contributed by atoms with Gasteiger partial charge in [0.25, 0.3) is 0 Å². The van der Waals surface area contributed by atoms with E-state index < -0.39 is 8.32 Å². The maximum Gasteiger partial charge on any atom is 0.191 e. The fourth-order valence-electron chi connectivity index (χ4n) is 2.68. The smallest absolute Gasteiger partial charge is 0.191 e. The maximum absolute atomic E-state index is 6.25. The van der Waals surface area contributed by atoms with Crippen molar-refractivity contribution >= 4 is 14.0 Å². The van der Waals surface area contributed by atoms with Gasteiger partial charge in [-0.05, 0) is 54.6 Å². The molecule has 2 N–H and O–H groups in total. The summed E-state index contributed by atoms with van der Waals surface area (Å²) >= 11 is 0. The van der Waals surface area contributed by atoms with E-state index in [0.29, 0.717) is 11.6 Å². The molecular formula is C21H40N2OSi. The average molecular weight is 365 g/mol. The van der Waals surface area contributed by atoms with E-state index in [9.17, 15) is 0 Å². The minimum Gasteiger partial charge on any atom is -0.417 e. The molecule has 0 aliphatic heterocycles. The van der Waals surface area contributed by atoms with Gasteiger partial charge < -0.3 is 15.1 Å². The molecule has 0 amide bonds. The van der Waals surface area contributed by atoms with Crippen molar-refractivity contribution in [3.05, 3.63) is 29.3 Å². The third-order valence-electron chi connectivity index (χ3n) is 5.48. The minimum atomic E-state index is -1.57. The zero-order valence-corrected chi connectivity index (χ0v) is 18.6. The first-order valence-corrected chi connectivity index (χ1v) is 12.6. The fraction of sp³-hybridized carbons (Fsp3) is 0.714. The number of rotatable bonds is 10. The molecule has 0 saturated heterocycles. The van der Waals surface area contributed by atoms with Crippen molar-refractivity contribution in [2.24, 2.45) is 5.73 Å². The molecule has 0 saturated carbocycles. The molecule has 0 aliphatic carbocycles. The molecule has 0 atom stereocenters. The lowest BCUT2D eigenvalue weighted by Gasteiger charge is -2.36. The number of nitrogens with two attached hydrogens (primary N) is 1. The molecule has 0 fully saturated rings. The van der Waals surface area contributed by atoms with E-state index in [-0.39, 0.29) is 0 Å². The molecule has 0 aromatic heterocycles. The van der Waals surface area contributed by atoms with Crippen molar-refractivity contribution < 1.29 is 4.43 Å². The van der Waals surface area contributed by atoms with Crippen molar-refractivity contribution in [2.45, 2.75) is 77.6 Å². The molecule has 144 valence electrons. The van der Waals surface area contributed by atoms with Gasteiger partial charge in [0.15, 0.2) is 8.32 Å². The Labute approximate surface area is 157 Å². The Hall–Kier alpha value is -0.843. The van der Waals surface area contributed by atoms with Crippen LogP contribution in [-0.4, -0.2) is 29.0 Å². The molecule has 0 aliphatic rings. The van der Waals surface area contributed by atoms with Gasteiger partial charge in [-0.2, -0.15) is 0 Å². The maximum atomic E-state index is 6.25. The van der Waals surface area contributed by atoms with Crippen molar-refractivity contribution in [1.82, 2.24) is 0 Å². The van der Waals surface area contributed by atoms with Crippen LogP contribution in [0.1, 0.15) is 57.6 Å². The van der Waals surface area contributed by atoms with Gasteiger partial charge in [0, 0.05) is 32.9 Å². The summed E-state index contributed by atoms with van der Waals surface area (Å²) in [5.41, 5.74) is 9.72. The highest BCUT2D eigenvalue weighted by atomic mass is 28.4. The summed E-state index contributed by atoms with van der Waals surface area (Å²) in [5, 5.41) is 0.312. The highest BCUT2D eigenvalue weighted by Crippen LogP contribution is 2.36. The van der Waals surface area contributed by atoms with E-state index >= 15 is 0 Å². The Morgan fingerprint density at radius 3 is 2.24 bits per heavy atom. The number of anilines is 1. The van der Waals surface area contributed by atoms with Gasteiger partial charge in [0.1, 0.15) is 0 Å². The molecule has 4 heteroatoms. The average Bonchev–Trinajstić information content (AvgIpc) is 2.52. The SMILES string of the molecule is CN(C)c1cc(CCCCCCO[Si](C)(C)C(C)(C)C)ccc1CN. The van der Waals surface area contributed by atoms with Crippen LogP contribution in [0.4, 0.5) is 5.69 Å². The predicted octanol–water partition coefficient (Wildman–Crippen LogP) is 5.34. The van der Waals surface area contributed by atoms with Crippen LogP contribution in [-0.2, 0) is 17.4 Å². The van der Waals surface area contributed by atoms with E-state index in [1.807, 2.05) is 0 Å². The lowest BCUT2D eigenvalue weighted by Crippen LogP contribution is -2.40. The molecule has 1 rings (SSSR count). The van der Waals surface area contributed by atoms with Gasteiger partial charge in [-0.1, -0.05) is 45.7 Å². The summed E-state index contributed by atoms with van der Waals surface area (Å²) < 4.78 is 6.25. The van der Waals surface area contributed by atoms with Gasteiger partial charge in [0.05, 0.1) is 0 Å². The monoisotopic (exact) mass is 364 g/mol. The number of benzene rings is 1.